The van der Waals surface area contributed by atoms with Crippen LogP contribution in [0.5, 0.6) is 0 Å². The van der Waals surface area contributed by atoms with Crippen LogP contribution in [0.2, 0.25) is 0 Å². The smallest absolute Gasteiger partial charge is 0.281 e. The van der Waals surface area contributed by atoms with Gasteiger partial charge < -0.3 is 4.98 Å². The first-order chi connectivity index (χ1) is 10.8. The number of hydrogen-bond donors (Lipinski definition) is 2. The molecule has 2 N–H and O–H groups in total. The van der Waals surface area contributed by atoms with Crippen LogP contribution in [0.15, 0.2) is 41.6 Å². The summed E-state index contributed by atoms with van der Waals surface area (Å²) in [4.78, 5) is 17.4. The van der Waals surface area contributed by atoms with Crippen LogP contribution in [-0.2, 0) is 12.8 Å². The zero-order chi connectivity index (χ0) is 14.9. The Morgan fingerprint density at radius 1 is 1.32 bits per heavy atom. The Morgan fingerprint density at radius 2 is 2.23 bits per heavy atom. The number of nitrogens with one attached hydrogen (secondary N) is 2. The Kier molecular flexibility index (Phi) is 3.27. The molecule has 3 aromatic rings. The van der Waals surface area contributed by atoms with Gasteiger partial charge in [0, 0.05) is 27.5 Å². The van der Waals surface area contributed by atoms with Crippen molar-refractivity contribution in [1.82, 2.24) is 10.4 Å². The van der Waals surface area contributed by atoms with E-state index in [9.17, 15) is 4.79 Å². The number of hydrogen-bond acceptors (Lipinski definition) is 3. The maximum atomic E-state index is 12.1. The van der Waals surface area contributed by atoms with Crippen molar-refractivity contribution in [3.05, 3.63) is 57.4 Å². The van der Waals surface area contributed by atoms with E-state index in [0.29, 0.717) is 0 Å². The summed E-state index contributed by atoms with van der Waals surface area (Å²) in [5.41, 5.74) is 5.97. The van der Waals surface area contributed by atoms with Crippen LogP contribution in [0.25, 0.3) is 10.9 Å². The molecule has 2 aromatic heterocycles. The Bertz CT molecular complexity index is 854. The van der Waals surface area contributed by atoms with Gasteiger partial charge in [-0.25, -0.2) is 5.43 Å². The van der Waals surface area contributed by atoms with Crippen molar-refractivity contribution in [3.63, 3.8) is 0 Å². The maximum absolute atomic E-state index is 12.1. The molecule has 4 nitrogen and oxygen atoms in total. The number of amides is 1. The lowest BCUT2D eigenvalue weighted by atomic mass is 10.2. The summed E-state index contributed by atoms with van der Waals surface area (Å²) in [5.74, 6) is -0.129. The summed E-state index contributed by atoms with van der Waals surface area (Å²) in [7, 11) is 0. The minimum absolute atomic E-state index is 0.129. The zero-order valence-corrected chi connectivity index (χ0v) is 12.7. The molecule has 1 aliphatic carbocycles. The number of aromatic nitrogens is 1. The van der Waals surface area contributed by atoms with E-state index < -0.39 is 0 Å². The number of carbonyl (C=O) groups excluding carboxylic acids is 1. The molecule has 4 rings (SSSR count). The highest BCUT2D eigenvalue weighted by molar-refractivity contribution is 7.14. The summed E-state index contributed by atoms with van der Waals surface area (Å²) in [6.45, 7) is 0. The second-order valence-corrected chi connectivity index (χ2v) is 6.54. The first kappa shape index (κ1) is 13.3. The van der Waals surface area contributed by atoms with Gasteiger partial charge >= 0.3 is 0 Å². The number of nitrogens with zero attached hydrogens (tertiary/aromatic N) is 1. The normalized spacial score (nSPS) is 13.8. The molecule has 0 spiro atoms. The second-order valence-electron chi connectivity index (χ2n) is 5.40. The molecular weight excluding hydrogens is 294 g/mol. The van der Waals surface area contributed by atoms with Crippen LogP contribution in [0.4, 0.5) is 0 Å². The van der Waals surface area contributed by atoms with E-state index in [2.05, 4.69) is 15.5 Å². The predicted molar refractivity (Wildman–Crippen MR) is 89.7 cm³/mol. The van der Waals surface area contributed by atoms with Crippen molar-refractivity contribution < 1.29 is 4.79 Å². The average molecular weight is 309 g/mol. The van der Waals surface area contributed by atoms with Gasteiger partial charge in [0.2, 0.25) is 0 Å². The largest absolute Gasteiger partial charge is 0.361 e. The number of rotatable bonds is 3. The van der Waals surface area contributed by atoms with Crippen molar-refractivity contribution in [1.29, 1.82) is 0 Å². The SMILES string of the molecule is O=C(N/N=C/c1c[nH]c2ccccc12)c1cc2c(s1)CCC2. The van der Waals surface area contributed by atoms with E-state index in [-0.39, 0.29) is 5.91 Å². The quantitative estimate of drug-likeness (QED) is 0.565. The topological polar surface area (TPSA) is 57.2 Å². The Labute approximate surface area is 131 Å². The first-order valence-corrected chi connectivity index (χ1v) is 8.14. The summed E-state index contributed by atoms with van der Waals surface area (Å²) in [6.07, 6.45) is 6.98. The van der Waals surface area contributed by atoms with Gasteiger partial charge in [-0.1, -0.05) is 18.2 Å². The number of para-hydroxylation sites is 1. The third-order valence-electron chi connectivity index (χ3n) is 3.96. The third-order valence-corrected chi connectivity index (χ3v) is 5.20. The molecule has 5 heteroatoms. The van der Waals surface area contributed by atoms with Gasteiger partial charge in [0.1, 0.15) is 0 Å². The highest BCUT2D eigenvalue weighted by atomic mass is 32.1. The molecule has 0 aliphatic heterocycles. The van der Waals surface area contributed by atoms with Crippen LogP contribution in [-0.4, -0.2) is 17.1 Å². The number of aromatic amines is 1. The molecule has 2 heterocycles. The number of aryl methyl sites for hydroxylation is 2. The van der Waals surface area contributed by atoms with Crippen LogP contribution in [0, 0.1) is 0 Å². The lowest BCUT2D eigenvalue weighted by molar-refractivity contribution is 0.0959. The minimum atomic E-state index is -0.129. The molecule has 0 saturated carbocycles. The highest BCUT2D eigenvalue weighted by Gasteiger charge is 2.18. The van der Waals surface area contributed by atoms with E-state index in [1.165, 1.54) is 16.9 Å². The van der Waals surface area contributed by atoms with Gasteiger partial charge in [-0.15, -0.1) is 11.3 Å². The number of fused-ring (bicyclic) bond motifs is 2. The van der Waals surface area contributed by atoms with E-state index in [4.69, 9.17) is 0 Å². The van der Waals surface area contributed by atoms with Gasteiger partial charge in [-0.3, -0.25) is 4.79 Å². The Hall–Kier alpha value is -2.40. The van der Waals surface area contributed by atoms with E-state index in [1.807, 2.05) is 36.5 Å². The second kappa shape index (κ2) is 5.42. The molecule has 22 heavy (non-hydrogen) atoms. The molecule has 110 valence electrons. The Morgan fingerprint density at radius 3 is 3.14 bits per heavy atom. The number of H-pyrrole nitrogens is 1. The van der Waals surface area contributed by atoms with E-state index in [0.717, 1.165) is 34.2 Å². The summed E-state index contributed by atoms with van der Waals surface area (Å²) in [6, 6.07) is 10.0. The van der Waals surface area contributed by atoms with Crippen molar-refractivity contribution in [2.75, 3.05) is 0 Å². The maximum Gasteiger partial charge on any atom is 0.281 e. The average Bonchev–Trinajstić information content (AvgIpc) is 3.21. The molecule has 1 amide bonds. The Balaban J connectivity index is 1.48. The van der Waals surface area contributed by atoms with E-state index >= 15 is 0 Å². The van der Waals surface area contributed by atoms with Crippen molar-refractivity contribution >= 4 is 34.4 Å². The molecule has 0 fully saturated rings. The molecule has 0 atom stereocenters. The molecular formula is C17H15N3OS. The minimum Gasteiger partial charge on any atom is -0.361 e. The molecule has 0 unspecified atom stereocenters. The van der Waals surface area contributed by atoms with Crippen LogP contribution < -0.4 is 5.43 Å². The third kappa shape index (κ3) is 2.33. The van der Waals surface area contributed by atoms with Crippen LogP contribution in [0.1, 0.15) is 32.1 Å². The van der Waals surface area contributed by atoms with E-state index in [1.54, 1.807) is 17.6 Å². The van der Waals surface area contributed by atoms with Crippen molar-refractivity contribution in [2.24, 2.45) is 5.10 Å². The highest BCUT2D eigenvalue weighted by Crippen LogP contribution is 2.30. The predicted octanol–water partition coefficient (Wildman–Crippen LogP) is 3.48. The lowest BCUT2D eigenvalue weighted by Gasteiger charge is -1.96. The van der Waals surface area contributed by atoms with Gasteiger partial charge in [0.05, 0.1) is 11.1 Å². The van der Waals surface area contributed by atoms with Gasteiger partial charge in [-0.2, -0.15) is 5.10 Å². The fourth-order valence-electron chi connectivity index (χ4n) is 2.86. The molecule has 0 saturated heterocycles. The summed E-state index contributed by atoms with van der Waals surface area (Å²) < 4.78 is 0. The van der Waals surface area contributed by atoms with Crippen molar-refractivity contribution in [2.45, 2.75) is 19.3 Å². The standard InChI is InChI=1S/C17H15N3OS/c21-17(16-8-11-4-3-7-15(11)22-16)20-19-10-12-9-18-14-6-2-1-5-13(12)14/h1-2,5-6,8-10,18H,3-4,7H2,(H,20,21)/b19-10+. The zero-order valence-electron chi connectivity index (χ0n) is 11.9. The number of hydrazone groups is 1. The van der Waals surface area contributed by atoms with Crippen LogP contribution >= 0.6 is 11.3 Å². The number of benzene rings is 1. The van der Waals surface area contributed by atoms with Gasteiger partial charge in [0.25, 0.3) is 5.91 Å². The first-order valence-electron chi connectivity index (χ1n) is 7.32. The molecule has 1 aliphatic rings. The lowest BCUT2D eigenvalue weighted by Crippen LogP contribution is -2.16. The summed E-state index contributed by atoms with van der Waals surface area (Å²) >= 11 is 1.59. The van der Waals surface area contributed by atoms with Crippen molar-refractivity contribution in [3.8, 4) is 0 Å². The number of carbonyl (C=O) groups is 1. The molecule has 0 bridgehead atoms. The van der Waals surface area contributed by atoms with Gasteiger partial charge in [-0.05, 0) is 37.0 Å². The fraction of sp³-hybridized carbons (Fsp3) is 0.176. The summed E-state index contributed by atoms with van der Waals surface area (Å²) in [5, 5.41) is 5.18. The van der Waals surface area contributed by atoms with Gasteiger partial charge in [0.15, 0.2) is 0 Å². The monoisotopic (exact) mass is 309 g/mol. The molecule has 1 aromatic carbocycles. The molecule has 0 radical (unpaired) electrons. The van der Waals surface area contributed by atoms with Crippen LogP contribution in [0.3, 0.4) is 0 Å². The fourth-order valence-corrected chi connectivity index (χ4v) is 4.00. The number of thiophene rings is 1.